The largest absolute Gasteiger partial charge is 0.394 e. The maximum Gasteiger partial charge on any atom is 0.234 e. The van der Waals surface area contributed by atoms with Gasteiger partial charge < -0.3 is 15.7 Å². The first-order valence-corrected chi connectivity index (χ1v) is 2.94. The van der Waals surface area contributed by atoms with Crippen LogP contribution in [0.2, 0.25) is 0 Å². The first-order chi connectivity index (χ1) is 4.33. The molecule has 0 bridgehead atoms. The van der Waals surface area contributed by atoms with Crippen LogP contribution >= 0.6 is 0 Å². The van der Waals surface area contributed by atoms with E-state index in [9.17, 15) is 4.79 Å². The van der Waals surface area contributed by atoms with E-state index in [2.05, 4.69) is 10.6 Å². The molecule has 4 nitrogen and oxygen atoms in total. The molecule has 1 aliphatic heterocycles. The molecule has 0 aromatic heterocycles. The van der Waals surface area contributed by atoms with Gasteiger partial charge in [0.2, 0.25) is 5.91 Å². The number of rotatable bonds is 1. The van der Waals surface area contributed by atoms with Crippen molar-refractivity contribution in [1.29, 1.82) is 0 Å². The van der Waals surface area contributed by atoms with Crippen LogP contribution in [0.5, 0.6) is 0 Å². The van der Waals surface area contributed by atoms with E-state index in [1.165, 1.54) is 0 Å². The minimum Gasteiger partial charge on any atom is -0.394 e. The molecular formula is C5H10N2O2. The highest BCUT2D eigenvalue weighted by Crippen LogP contribution is 1.84. The molecule has 0 aliphatic carbocycles. The number of aliphatic hydroxyl groups is 1. The van der Waals surface area contributed by atoms with Crippen LogP contribution in [0.4, 0.5) is 0 Å². The zero-order chi connectivity index (χ0) is 6.69. The summed E-state index contributed by atoms with van der Waals surface area (Å²) in [5.74, 6) is -0.0414. The van der Waals surface area contributed by atoms with Gasteiger partial charge in [-0.3, -0.25) is 4.79 Å². The summed E-state index contributed by atoms with van der Waals surface area (Å²) in [5, 5.41) is 14.0. The van der Waals surface area contributed by atoms with E-state index >= 15 is 0 Å². The van der Waals surface area contributed by atoms with Gasteiger partial charge in [0.15, 0.2) is 0 Å². The lowest BCUT2D eigenvalue weighted by Crippen LogP contribution is -2.53. The summed E-state index contributed by atoms with van der Waals surface area (Å²) in [4.78, 5) is 10.5. The summed E-state index contributed by atoms with van der Waals surface area (Å²) in [7, 11) is 0. The molecule has 1 unspecified atom stereocenters. The highest BCUT2D eigenvalue weighted by atomic mass is 16.3. The van der Waals surface area contributed by atoms with Crippen molar-refractivity contribution in [3.8, 4) is 0 Å². The van der Waals surface area contributed by atoms with E-state index in [0.29, 0.717) is 13.1 Å². The number of piperazine rings is 1. The molecule has 9 heavy (non-hydrogen) atoms. The van der Waals surface area contributed by atoms with Crippen LogP contribution in [0, 0.1) is 0 Å². The maximum atomic E-state index is 10.5. The Kier molecular flexibility index (Phi) is 2.02. The number of hydrogen-bond donors (Lipinski definition) is 3. The van der Waals surface area contributed by atoms with E-state index in [-0.39, 0.29) is 18.6 Å². The summed E-state index contributed by atoms with van der Waals surface area (Å²) >= 11 is 0. The molecule has 52 valence electrons. The van der Waals surface area contributed by atoms with Crippen LogP contribution in [0.25, 0.3) is 0 Å². The van der Waals surface area contributed by atoms with Gasteiger partial charge in [0.05, 0.1) is 19.2 Å². The van der Waals surface area contributed by atoms with Gasteiger partial charge >= 0.3 is 0 Å². The topological polar surface area (TPSA) is 61.4 Å². The van der Waals surface area contributed by atoms with Crippen LogP contribution in [-0.4, -0.2) is 36.8 Å². The fourth-order valence-corrected chi connectivity index (χ4v) is 0.800. The van der Waals surface area contributed by atoms with Gasteiger partial charge in [0.1, 0.15) is 0 Å². The average Bonchev–Trinajstić information content (AvgIpc) is 1.88. The van der Waals surface area contributed by atoms with E-state index in [1.807, 2.05) is 0 Å². The predicted molar refractivity (Wildman–Crippen MR) is 31.9 cm³/mol. The number of aliphatic hydroxyl groups excluding tert-OH is 1. The van der Waals surface area contributed by atoms with Crippen LogP contribution in [0.3, 0.4) is 0 Å². The standard InChI is InChI=1S/C5H10N2O2/c8-3-4-1-6-2-5(9)7-4/h4,6,8H,1-3H2,(H,7,9). The van der Waals surface area contributed by atoms with Crippen LogP contribution < -0.4 is 10.6 Å². The van der Waals surface area contributed by atoms with Crippen molar-refractivity contribution in [2.45, 2.75) is 6.04 Å². The summed E-state index contributed by atoms with van der Waals surface area (Å²) in [6, 6.07) is -0.0914. The number of carbonyl (C=O) groups excluding carboxylic acids is 1. The van der Waals surface area contributed by atoms with Gasteiger partial charge in [0, 0.05) is 6.54 Å². The minimum absolute atomic E-state index is 0.0126. The summed E-state index contributed by atoms with van der Waals surface area (Å²) < 4.78 is 0. The van der Waals surface area contributed by atoms with Crippen LogP contribution in [-0.2, 0) is 4.79 Å². The Morgan fingerprint density at radius 1 is 1.78 bits per heavy atom. The molecule has 1 amide bonds. The molecule has 1 rings (SSSR count). The number of hydrogen-bond acceptors (Lipinski definition) is 3. The van der Waals surface area contributed by atoms with Gasteiger partial charge in [-0.15, -0.1) is 0 Å². The molecule has 4 heteroatoms. The van der Waals surface area contributed by atoms with Gasteiger partial charge in [-0.25, -0.2) is 0 Å². The molecule has 0 spiro atoms. The maximum absolute atomic E-state index is 10.5. The van der Waals surface area contributed by atoms with E-state index in [4.69, 9.17) is 5.11 Å². The lowest BCUT2D eigenvalue weighted by Gasteiger charge is -2.21. The molecule has 1 aliphatic rings. The Balaban J connectivity index is 2.32. The van der Waals surface area contributed by atoms with Crippen LogP contribution in [0.1, 0.15) is 0 Å². The van der Waals surface area contributed by atoms with Crippen molar-refractivity contribution >= 4 is 5.91 Å². The molecule has 0 saturated carbocycles. The van der Waals surface area contributed by atoms with E-state index < -0.39 is 0 Å². The molecule has 1 heterocycles. The van der Waals surface area contributed by atoms with Crippen molar-refractivity contribution in [3.63, 3.8) is 0 Å². The minimum atomic E-state index is -0.0914. The van der Waals surface area contributed by atoms with Gasteiger partial charge in [0.25, 0.3) is 0 Å². The zero-order valence-corrected chi connectivity index (χ0v) is 5.05. The third-order valence-corrected chi connectivity index (χ3v) is 1.26. The SMILES string of the molecule is O=C1CNCC(CO)N1. The summed E-state index contributed by atoms with van der Waals surface area (Å²) in [6.45, 7) is 1.05. The fourth-order valence-electron chi connectivity index (χ4n) is 0.800. The molecule has 1 fully saturated rings. The van der Waals surface area contributed by atoms with Gasteiger partial charge in [-0.1, -0.05) is 0 Å². The Labute approximate surface area is 53.2 Å². The smallest absolute Gasteiger partial charge is 0.234 e. The average molecular weight is 130 g/mol. The Morgan fingerprint density at radius 2 is 2.56 bits per heavy atom. The highest BCUT2D eigenvalue weighted by Gasteiger charge is 2.15. The first-order valence-electron chi connectivity index (χ1n) is 2.94. The third kappa shape index (κ3) is 1.65. The Bertz CT molecular complexity index is 116. The number of carbonyl (C=O) groups is 1. The molecule has 1 saturated heterocycles. The van der Waals surface area contributed by atoms with Crippen molar-refractivity contribution in [2.24, 2.45) is 0 Å². The van der Waals surface area contributed by atoms with Crippen molar-refractivity contribution < 1.29 is 9.90 Å². The number of amides is 1. The number of nitrogens with one attached hydrogen (secondary N) is 2. The summed E-state index contributed by atoms with van der Waals surface area (Å²) in [6.07, 6.45) is 0. The normalized spacial score (nSPS) is 27.7. The molecular weight excluding hydrogens is 120 g/mol. The van der Waals surface area contributed by atoms with Gasteiger partial charge in [-0.2, -0.15) is 0 Å². The predicted octanol–water partition coefficient (Wildman–Crippen LogP) is -1.93. The Morgan fingerprint density at radius 3 is 3.00 bits per heavy atom. The second-order valence-electron chi connectivity index (χ2n) is 2.08. The quantitative estimate of drug-likeness (QED) is 0.387. The van der Waals surface area contributed by atoms with Crippen molar-refractivity contribution in [2.75, 3.05) is 19.7 Å². The Hall–Kier alpha value is -0.610. The monoisotopic (exact) mass is 130 g/mol. The molecule has 1 atom stereocenters. The third-order valence-electron chi connectivity index (χ3n) is 1.26. The molecule has 0 radical (unpaired) electrons. The molecule has 0 aromatic rings. The van der Waals surface area contributed by atoms with E-state index in [1.54, 1.807) is 0 Å². The van der Waals surface area contributed by atoms with Crippen molar-refractivity contribution in [1.82, 2.24) is 10.6 Å². The first kappa shape index (κ1) is 6.51. The molecule has 0 aromatic carbocycles. The second-order valence-corrected chi connectivity index (χ2v) is 2.08. The van der Waals surface area contributed by atoms with E-state index in [0.717, 1.165) is 0 Å². The van der Waals surface area contributed by atoms with Crippen molar-refractivity contribution in [3.05, 3.63) is 0 Å². The molecule has 3 N–H and O–H groups in total. The summed E-state index contributed by atoms with van der Waals surface area (Å²) in [5.41, 5.74) is 0. The fraction of sp³-hybridized carbons (Fsp3) is 0.800. The lowest BCUT2D eigenvalue weighted by molar-refractivity contribution is -0.122. The highest BCUT2D eigenvalue weighted by molar-refractivity contribution is 5.79. The zero-order valence-electron chi connectivity index (χ0n) is 5.05. The second kappa shape index (κ2) is 2.80. The van der Waals surface area contributed by atoms with Gasteiger partial charge in [-0.05, 0) is 0 Å². The van der Waals surface area contributed by atoms with Crippen LogP contribution in [0.15, 0.2) is 0 Å². The lowest BCUT2D eigenvalue weighted by atomic mass is 10.2.